The molecule has 27 heavy (non-hydrogen) atoms. The van der Waals surface area contributed by atoms with Crippen LogP contribution in [-0.2, 0) is 5.75 Å². The molecule has 0 spiro atoms. The summed E-state index contributed by atoms with van der Waals surface area (Å²) in [5.74, 6) is 0.508. The van der Waals surface area contributed by atoms with Crippen LogP contribution in [0.5, 0.6) is 0 Å². The number of tetrazole rings is 1. The van der Waals surface area contributed by atoms with Gasteiger partial charge in [0.2, 0.25) is 5.16 Å². The van der Waals surface area contributed by atoms with Crippen molar-refractivity contribution in [2.45, 2.75) is 24.8 Å². The molecule has 4 aromatic rings. The van der Waals surface area contributed by atoms with E-state index in [1.807, 2.05) is 44.2 Å². The van der Waals surface area contributed by atoms with Gasteiger partial charge in [-0.05, 0) is 59.7 Å². The van der Waals surface area contributed by atoms with Crippen molar-refractivity contribution in [3.8, 4) is 5.69 Å². The van der Waals surface area contributed by atoms with Gasteiger partial charge in [-0.15, -0.1) is 5.10 Å². The number of rotatable bonds is 4. The summed E-state index contributed by atoms with van der Waals surface area (Å²) in [6.07, 6.45) is 0. The molecule has 4 rings (SSSR count). The second-order valence-corrected chi connectivity index (χ2v) is 7.54. The van der Waals surface area contributed by atoms with E-state index < -0.39 is 5.63 Å². The molecule has 136 valence electrons. The number of benzene rings is 2. The summed E-state index contributed by atoms with van der Waals surface area (Å²) in [5, 5.41) is 14.0. The number of nitrogens with zero attached hydrogens (tertiary/aromatic N) is 4. The average Bonchev–Trinajstić information content (AvgIpc) is 3.10. The lowest BCUT2D eigenvalue weighted by Crippen LogP contribution is -2.02. The van der Waals surface area contributed by atoms with Gasteiger partial charge in [0.15, 0.2) is 0 Å². The molecule has 0 atom stereocenters. The summed E-state index contributed by atoms with van der Waals surface area (Å²) in [7, 11) is 0. The van der Waals surface area contributed by atoms with Crippen LogP contribution in [0.1, 0.15) is 16.7 Å². The Kier molecular flexibility index (Phi) is 4.72. The molecule has 0 bridgehead atoms. The van der Waals surface area contributed by atoms with Gasteiger partial charge in [-0.1, -0.05) is 41.1 Å². The number of hydrogen-bond acceptors (Lipinski definition) is 6. The highest BCUT2D eigenvalue weighted by atomic mass is 35.5. The summed E-state index contributed by atoms with van der Waals surface area (Å²) >= 11 is 7.70. The van der Waals surface area contributed by atoms with Gasteiger partial charge in [0.05, 0.1) is 5.69 Å². The summed E-state index contributed by atoms with van der Waals surface area (Å²) < 4.78 is 6.99. The van der Waals surface area contributed by atoms with Crippen LogP contribution >= 0.6 is 23.4 Å². The van der Waals surface area contributed by atoms with Crippen molar-refractivity contribution in [2.75, 3.05) is 0 Å². The van der Waals surface area contributed by atoms with Crippen molar-refractivity contribution in [2.24, 2.45) is 0 Å². The summed E-state index contributed by atoms with van der Waals surface area (Å²) in [6.45, 7) is 3.90. The van der Waals surface area contributed by atoms with Crippen LogP contribution in [0, 0.1) is 13.8 Å². The number of halogens is 1. The second kappa shape index (κ2) is 7.17. The first-order valence-corrected chi connectivity index (χ1v) is 9.59. The van der Waals surface area contributed by atoms with Crippen molar-refractivity contribution in [1.82, 2.24) is 20.2 Å². The van der Waals surface area contributed by atoms with Crippen LogP contribution in [0.2, 0.25) is 5.02 Å². The number of hydrogen-bond donors (Lipinski definition) is 0. The van der Waals surface area contributed by atoms with Crippen molar-refractivity contribution < 1.29 is 4.42 Å². The molecular weight excluding hydrogens is 384 g/mol. The van der Waals surface area contributed by atoms with E-state index in [9.17, 15) is 4.79 Å². The standard InChI is InChI=1S/C19H15ClN4O2S/c1-11-3-5-14(6-4-11)24-19(21-22-23-24)27-10-13-8-18(25)26-17-7-12(2)16(20)9-15(13)17/h3-9H,10H2,1-2H3. The second-order valence-electron chi connectivity index (χ2n) is 6.19. The maximum Gasteiger partial charge on any atom is 0.336 e. The van der Waals surface area contributed by atoms with E-state index in [2.05, 4.69) is 15.5 Å². The lowest BCUT2D eigenvalue weighted by atomic mass is 10.1. The molecule has 2 aromatic heterocycles. The monoisotopic (exact) mass is 398 g/mol. The van der Waals surface area contributed by atoms with Crippen molar-refractivity contribution in [1.29, 1.82) is 0 Å². The fourth-order valence-electron chi connectivity index (χ4n) is 2.73. The van der Waals surface area contributed by atoms with E-state index in [0.717, 1.165) is 27.8 Å². The molecule has 6 nitrogen and oxygen atoms in total. The van der Waals surface area contributed by atoms with Crippen molar-refractivity contribution in [3.05, 3.63) is 74.6 Å². The molecule has 0 radical (unpaired) electrons. The Morgan fingerprint density at radius 2 is 1.93 bits per heavy atom. The summed E-state index contributed by atoms with van der Waals surface area (Å²) in [5.41, 5.74) is 3.86. The first-order chi connectivity index (χ1) is 13.0. The molecule has 0 saturated carbocycles. The van der Waals surface area contributed by atoms with Crippen LogP contribution in [0.25, 0.3) is 16.7 Å². The van der Waals surface area contributed by atoms with Crippen molar-refractivity contribution in [3.63, 3.8) is 0 Å². The van der Waals surface area contributed by atoms with Crippen LogP contribution in [0.15, 0.2) is 56.8 Å². The van der Waals surface area contributed by atoms with Crippen LogP contribution in [0.4, 0.5) is 0 Å². The Labute approximate surface area is 164 Å². The molecule has 0 aliphatic carbocycles. The lowest BCUT2D eigenvalue weighted by molar-refractivity contribution is 0.559. The van der Waals surface area contributed by atoms with Gasteiger partial charge in [-0.25, -0.2) is 4.79 Å². The quantitative estimate of drug-likeness (QED) is 0.376. The Balaban J connectivity index is 1.67. The van der Waals surface area contributed by atoms with Crippen molar-refractivity contribution >= 4 is 34.3 Å². The Hall–Kier alpha value is -2.64. The topological polar surface area (TPSA) is 73.8 Å². The molecule has 2 heterocycles. The molecular formula is C19H15ClN4O2S. The maximum absolute atomic E-state index is 11.9. The molecule has 0 fully saturated rings. The van der Waals surface area contributed by atoms with E-state index in [1.54, 1.807) is 10.7 Å². The van der Waals surface area contributed by atoms with Gasteiger partial charge in [-0.3, -0.25) is 0 Å². The van der Waals surface area contributed by atoms with E-state index in [1.165, 1.54) is 17.8 Å². The Bertz CT molecular complexity index is 1180. The van der Waals surface area contributed by atoms with Gasteiger partial charge < -0.3 is 4.42 Å². The highest BCUT2D eigenvalue weighted by Crippen LogP contribution is 2.29. The molecule has 0 aliphatic rings. The fraction of sp³-hybridized carbons (Fsp3) is 0.158. The van der Waals surface area contributed by atoms with Gasteiger partial charge >= 0.3 is 5.63 Å². The Morgan fingerprint density at radius 1 is 1.15 bits per heavy atom. The number of aryl methyl sites for hydroxylation is 2. The average molecular weight is 399 g/mol. The molecule has 0 unspecified atom stereocenters. The first-order valence-electron chi connectivity index (χ1n) is 8.22. The van der Waals surface area contributed by atoms with Crippen LogP contribution < -0.4 is 5.63 Å². The summed E-state index contributed by atoms with van der Waals surface area (Å²) in [4.78, 5) is 11.9. The summed E-state index contributed by atoms with van der Waals surface area (Å²) in [6, 6.07) is 13.0. The van der Waals surface area contributed by atoms with E-state index in [4.69, 9.17) is 16.0 Å². The number of fused-ring (bicyclic) bond motifs is 1. The third-order valence-electron chi connectivity index (χ3n) is 4.19. The third kappa shape index (κ3) is 3.61. The van der Waals surface area contributed by atoms with E-state index in [0.29, 0.717) is 21.5 Å². The Morgan fingerprint density at radius 3 is 2.70 bits per heavy atom. The predicted octanol–water partition coefficient (Wildman–Crippen LogP) is 4.33. The van der Waals surface area contributed by atoms with Gasteiger partial charge in [0, 0.05) is 22.2 Å². The largest absolute Gasteiger partial charge is 0.423 e. The minimum atomic E-state index is -0.391. The highest BCUT2D eigenvalue weighted by molar-refractivity contribution is 7.98. The van der Waals surface area contributed by atoms with Gasteiger partial charge in [0.1, 0.15) is 5.58 Å². The molecule has 2 aromatic carbocycles. The van der Waals surface area contributed by atoms with E-state index >= 15 is 0 Å². The SMILES string of the molecule is Cc1ccc(-n2nnnc2SCc2cc(=O)oc3cc(C)c(Cl)cc23)cc1. The molecule has 0 N–H and O–H groups in total. The third-order valence-corrected chi connectivity index (χ3v) is 5.56. The first kappa shape index (κ1) is 17.8. The zero-order valence-electron chi connectivity index (χ0n) is 14.6. The zero-order chi connectivity index (χ0) is 19.0. The molecule has 0 amide bonds. The molecule has 0 aliphatic heterocycles. The zero-order valence-corrected chi connectivity index (χ0v) is 16.2. The van der Waals surface area contributed by atoms with Crippen LogP contribution in [-0.4, -0.2) is 20.2 Å². The number of thioether (sulfide) groups is 1. The normalized spacial score (nSPS) is 11.2. The predicted molar refractivity (Wildman–Crippen MR) is 106 cm³/mol. The fourth-order valence-corrected chi connectivity index (χ4v) is 3.77. The van der Waals surface area contributed by atoms with Gasteiger partial charge in [-0.2, -0.15) is 4.68 Å². The smallest absolute Gasteiger partial charge is 0.336 e. The van der Waals surface area contributed by atoms with E-state index in [-0.39, 0.29) is 0 Å². The lowest BCUT2D eigenvalue weighted by Gasteiger charge is -2.08. The maximum atomic E-state index is 11.9. The van der Waals surface area contributed by atoms with Crippen LogP contribution in [0.3, 0.4) is 0 Å². The number of aromatic nitrogens is 4. The molecule has 0 saturated heterocycles. The highest BCUT2D eigenvalue weighted by Gasteiger charge is 2.13. The van der Waals surface area contributed by atoms with Gasteiger partial charge in [0.25, 0.3) is 0 Å². The minimum absolute atomic E-state index is 0.391. The molecule has 8 heteroatoms. The minimum Gasteiger partial charge on any atom is -0.423 e.